The molecule has 0 saturated heterocycles. The average molecular weight is 457 g/mol. The Kier molecular flexibility index (Phi) is 5.39. The molecule has 1 atom stereocenters. The van der Waals surface area contributed by atoms with Gasteiger partial charge in [-0.25, -0.2) is 15.0 Å². The molecule has 0 fully saturated rings. The molecule has 0 radical (unpaired) electrons. The van der Waals surface area contributed by atoms with Crippen molar-refractivity contribution >= 4 is 22.4 Å². The number of rotatable bonds is 6. The zero-order valence-electron chi connectivity index (χ0n) is 19.3. The van der Waals surface area contributed by atoms with Gasteiger partial charge in [0.25, 0.3) is 0 Å². The molecule has 6 heteroatoms. The van der Waals surface area contributed by atoms with E-state index in [1.165, 1.54) is 11.1 Å². The second kappa shape index (κ2) is 8.99. The number of fused-ring (bicyclic) bond motifs is 2. The molecule has 4 aromatic heterocycles. The summed E-state index contributed by atoms with van der Waals surface area (Å²) in [5, 5.41) is 4.66. The first-order valence-corrected chi connectivity index (χ1v) is 11.7. The van der Waals surface area contributed by atoms with Crippen LogP contribution in [0.25, 0.3) is 27.9 Å². The first kappa shape index (κ1) is 21.0. The van der Waals surface area contributed by atoms with Crippen molar-refractivity contribution in [1.82, 2.24) is 24.3 Å². The average Bonchev–Trinajstić information content (AvgIpc) is 3.36. The Balaban J connectivity index is 1.42. The van der Waals surface area contributed by atoms with Gasteiger partial charge in [-0.1, -0.05) is 42.5 Å². The topological polar surface area (TPSA) is 68.0 Å². The summed E-state index contributed by atoms with van der Waals surface area (Å²) in [7, 11) is 0. The van der Waals surface area contributed by atoms with E-state index in [1.54, 1.807) is 6.20 Å². The number of imidazole rings is 1. The fourth-order valence-electron chi connectivity index (χ4n) is 4.53. The number of hydrogen-bond donors (Lipinski definition) is 1. The van der Waals surface area contributed by atoms with Crippen LogP contribution in [0, 0.1) is 6.92 Å². The second-order valence-corrected chi connectivity index (χ2v) is 8.60. The summed E-state index contributed by atoms with van der Waals surface area (Å²) >= 11 is 0. The molecule has 0 amide bonds. The molecule has 1 N–H and O–H groups in total. The molecule has 0 spiro atoms. The van der Waals surface area contributed by atoms with Gasteiger partial charge in [-0.15, -0.1) is 0 Å². The highest BCUT2D eigenvalue weighted by molar-refractivity contribution is 5.90. The third kappa shape index (κ3) is 4.10. The minimum atomic E-state index is 0.153. The predicted octanol–water partition coefficient (Wildman–Crippen LogP) is 5.89. The van der Waals surface area contributed by atoms with Crippen molar-refractivity contribution in [2.75, 3.05) is 11.9 Å². The Morgan fingerprint density at radius 3 is 2.49 bits per heavy atom. The Morgan fingerprint density at radius 2 is 1.63 bits per heavy atom. The van der Waals surface area contributed by atoms with Crippen LogP contribution < -0.4 is 5.32 Å². The summed E-state index contributed by atoms with van der Waals surface area (Å²) in [6.45, 7) is 2.76. The minimum Gasteiger partial charge on any atom is -0.368 e. The molecule has 2 aromatic carbocycles. The van der Waals surface area contributed by atoms with Crippen LogP contribution in [0.15, 0.2) is 104 Å². The van der Waals surface area contributed by atoms with E-state index in [4.69, 9.17) is 9.97 Å². The van der Waals surface area contributed by atoms with E-state index in [1.807, 2.05) is 47.3 Å². The second-order valence-electron chi connectivity index (χ2n) is 8.60. The van der Waals surface area contributed by atoms with Crippen molar-refractivity contribution in [3.63, 3.8) is 0 Å². The van der Waals surface area contributed by atoms with Crippen molar-refractivity contribution in [1.29, 1.82) is 0 Å². The number of anilines is 1. The van der Waals surface area contributed by atoms with Crippen molar-refractivity contribution in [3.8, 4) is 11.4 Å². The first-order chi connectivity index (χ1) is 17.3. The fraction of sp³-hybridized carbons (Fsp3) is 0.103. The van der Waals surface area contributed by atoms with Crippen LogP contribution in [-0.4, -0.2) is 30.9 Å². The van der Waals surface area contributed by atoms with E-state index in [-0.39, 0.29) is 5.92 Å². The highest BCUT2D eigenvalue weighted by Gasteiger charge is 2.17. The molecule has 35 heavy (non-hydrogen) atoms. The summed E-state index contributed by atoms with van der Waals surface area (Å²) in [6.07, 6.45) is 9.49. The summed E-state index contributed by atoms with van der Waals surface area (Å²) < 4.78 is 2.00. The molecule has 0 aliphatic carbocycles. The Bertz CT molecular complexity index is 1570. The number of aryl methyl sites for hydroxylation is 1. The SMILES string of the molecule is Cc1cc2nccn2cc1-c1nc(NCC(c2ccccc2)c2ccncc2)c2ccccc2n1. The lowest BCUT2D eigenvalue weighted by molar-refractivity contribution is 0.846. The van der Waals surface area contributed by atoms with E-state index < -0.39 is 0 Å². The third-order valence-electron chi connectivity index (χ3n) is 6.37. The molecule has 1 unspecified atom stereocenters. The molecular weight excluding hydrogens is 432 g/mol. The summed E-state index contributed by atoms with van der Waals surface area (Å²) in [5.74, 6) is 1.67. The maximum Gasteiger partial charge on any atom is 0.163 e. The molecule has 6 aromatic rings. The van der Waals surface area contributed by atoms with Crippen LogP contribution in [0.3, 0.4) is 0 Å². The van der Waals surface area contributed by atoms with Crippen molar-refractivity contribution in [3.05, 3.63) is 120 Å². The number of benzene rings is 2. The van der Waals surface area contributed by atoms with Crippen molar-refractivity contribution in [2.24, 2.45) is 0 Å². The van der Waals surface area contributed by atoms with E-state index >= 15 is 0 Å². The standard InChI is InChI=1S/C29H24N6/c1-20-17-27-31-15-16-35(27)19-25(20)29-33-26-10-6-5-9-23(26)28(34-29)32-18-24(21-7-3-2-4-8-21)22-11-13-30-14-12-22/h2-17,19,24H,18H2,1H3,(H,32,33,34). The molecule has 0 bridgehead atoms. The summed E-state index contributed by atoms with van der Waals surface area (Å²) in [6, 6.07) is 24.9. The monoisotopic (exact) mass is 456 g/mol. The number of aromatic nitrogens is 5. The quantitative estimate of drug-likeness (QED) is 0.338. The van der Waals surface area contributed by atoms with E-state index in [0.717, 1.165) is 33.5 Å². The summed E-state index contributed by atoms with van der Waals surface area (Å²) in [5.41, 5.74) is 6.34. The number of pyridine rings is 2. The van der Waals surface area contributed by atoms with Crippen LogP contribution in [0.5, 0.6) is 0 Å². The highest BCUT2D eigenvalue weighted by Crippen LogP contribution is 2.29. The Hall–Kier alpha value is -4.58. The zero-order chi connectivity index (χ0) is 23.6. The number of nitrogens with zero attached hydrogens (tertiary/aromatic N) is 5. The molecule has 170 valence electrons. The fourth-order valence-corrected chi connectivity index (χ4v) is 4.53. The van der Waals surface area contributed by atoms with Gasteiger partial charge in [0.05, 0.1) is 5.52 Å². The highest BCUT2D eigenvalue weighted by atomic mass is 15.0. The van der Waals surface area contributed by atoms with Crippen molar-refractivity contribution in [2.45, 2.75) is 12.8 Å². The number of hydrogen-bond acceptors (Lipinski definition) is 5. The summed E-state index contributed by atoms with van der Waals surface area (Å²) in [4.78, 5) is 18.5. The third-order valence-corrected chi connectivity index (χ3v) is 6.37. The molecule has 6 rings (SSSR count). The normalized spacial score (nSPS) is 12.1. The lowest BCUT2D eigenvalue weighted by Gasteiger charge is -2.20. The maximum absolute atomic E-state index is 5.01. The van der Waals surface area contributed by atoms with Gasteiger partial charge in [0, 0.05) is 54.4 Å². The van der Waals surface area contributed by atoms with Crippen LogP contribution in [0.4, 0.5) is 5.82 Å². The van der Waals surface area contributed by atoms with Gasteiger partial charge in [0.1, 0.15) is 11.5 Å². The van der Waals surface area contributed by atoms with Crippen LogP contribution in [0.2, 0.25) is 0 Å². The van der Waals surface area contributed by atoms with E-state index in [2.05, 4.69) is 76.9 Å². The Labute approximate surface area is 203 Å². The van der Waals surface area contributed by atoms with Crippen LogP contribution in [-0.2, 0) is 0 Å². The Morgan fingerprint density at radius 1 is 0.857 bits per heavy atom. The van der Waals surface area contributed by atoms with Gasteiger partial charge in [-0.2, -0.15) is 0 Å². The lowest BCUT2D eigenvalue weighted by atomic mass is 9.92. The van der Waals surface area contributed by atoms with Gasteiger partial charge in [0.2, 0.25) is 0 Å². The molecular formula is C29H24N6. The molecule has 4 heterocycles. The minimum absolute atomic E-state index is 0.153. The first-order valence-electron chi connectivity index (χ1n) is 11.7. The molecule has 0 aliphatic heterocycles. The van der Waals surface area contributed by atoms with E-state index in [9.17, 15) is 0 Å². The van der Waals surface area contributed by atoms with E-state index in [0.29, 0.717) is 12.4 Å². The predicted molar refractivity (Wildman–Crippen MR) is 139 cm³/mol. The molecule has 0 aliphatic rings. The molecule has 0 saturated carbocycles. The maximum atomic E-state index is 5.01. The van der Waals surface area contributed by atoms with Gasteiger partial charge >= 0.3 is 0 Å². The smallest absolute Gasteiger partial charge is 0.163 e. The lowest BCUT2D eigenvalue weighted by Crippen LogP contribution is -2.15. The van der Waals surface area contributed by atoms with Gasteiger partial charge in [-0.3, -0.25) is 4.98 Å². The van der Waals surface area contributed by atoms with Gasteiger partial charge < -0.3 is 9.72 Å². The zero-order valence-corrected chi connectivity index (χ0v) is 19.3. The number of para-hydroxylation sites is 1. The molecule has 6 nitrogen and oxygen atoms in total. The van der Waals surface area contributed by atoms with Crippen LogP contribution >= 0.6 is 0 Å². The van der Waals surface area contributed by atoms with Crippen LogP contribution in [0.1, 0.15) is 22.6 Å². The largest absolute Gasteiger partial charge is 0.368 e. The number of nitrogens with one attached hydrogen (secondary N) is 1. The van der Waals surface area contributed by atoms with Gasteiger partial charge in [0.15, 0.2) is 5.82 Å². The van der Waals surface area contributed by atoms with Gasteiger partial charge in [-0.05, 0) is 53.9 Å². The van der Waals surface area contributed by atoms with Crippen molar-refractivity contribution < 1.29 is 0 Å².